The third-order valence-corrected chi connectivity index (χ3v) is 8.33. The van der Waals surface area contributed by atoms with E-state index in [-0.39, 0.29) is 0 Å². The van der Waals surface area contributed by atoms with E-state index < -0.39 is 5.41 Å². The third-order valence-electron chi connectivity index (χ3n) is 8.33. The van der Waals surface area contributed by atoms with Gasteiger partial charge in [0.15, 0.2) is 0 Å². The van der Waals surface area contributed by atoms with Crippen molar-refractivity contribution in [3.8, 4) is 22.4 Å². The van der Waals surface area contributed by atoms with E-state index in [9.17, 15) is 0 Å². The number of hydrogen-bond acceptors (Lipinski definition) is 2. The molecule has 2 aliphatic carbocycles. The Bertz CT molecular complexity index is 1850. The highest BCUT2D eigenvalue weighted by Gasteiger charge is 2.51. The largest absolute Gasteiger partial charge is 0.254 e. The summed E-state index contributed by atoms with van der Waals surface area (Å²) in [6.07, 6.45) is 5.02. The Labute approximate surface area is 216 Å². The predicted octanol–water partition coefficient (Wildman–Crippen LogP) is 8.33. The van der Waals surface area contributed by atoms with Gasteiger partial charge in [-0.1, -0.05) is 98.8 Å². The van der Waals surface area contributed by atoms with Crippen LogP contribution in [-0.2, 0) is 11.8 Å². The maximum atomic E-state index is 5.16. The smallest absolute Gasteiger partial charge is 0.0889 e. The zero-order valence-corrected chi connectivity index (χ0v) is 21.0. The molecule has 0 N–H and O–H groups in total. The summed E-state index contributed by atoms with van der Waals surface area (Å²) in [5, 5.41) is 3.78. The van der Waals surface area contributed by atoms with Crippen molar-refractivity contribution in [1.29, 1.82) is 0 Å². The summed E-state index contributed by atoms with van der Waals surface area (Å²) in [6, 6.07) is 33.8. The van der Waals surface area contributed by atoms with Crippen LogP contribution in [0.4, 0.5) is 0 Å². The summed E-state index contributed by atoms with van der Waals surface area (Å²) in [5.74, 6) is 0.563. The van der Waals surface area contributed by atoms with Crippen molar-refractivity contribution in [3.63, 3.8) is 0 Å². The molecule has 0 saturated heterocycles. The minimum atomic E-state index is -0.457. The molecule has 37 heavy (non-hydrogen) atoms. The number of rotatable bonds is 2. The monoisotopic (exact) mass is 474 g/mol. The van der Waals surface area contributed by atoms with Crippen LogP contribution in [0.5, 0.6) is 0 Å². The molecule has 0 radical (unpaired) electrons. The van der Waals surface area contributed by atoms with Crippen LogP contribution in [0.1, 0.15) is 41.7 Å². The van der Waals surface area contributed by atoms with Crippen LogP contribution in [0, 0.1) is 5.92 Å². The molecule has 0 amide bonds. The van der Waals surface area contributed by atoms with Crippen LogP contribution in [0.25, 0.3) is 44.1 Å². The first-order valence-electron chi connectivity index (χ1n) is 13.2. The number of benzene rings is 4. The van der Waals surface area contributed by atoms with Gasteiger partial charge in [-0.25, -0.2) is 0 Å². The van der Waals surface area contributed by atoms with Crippen LogP contribution < -0.4 is 0 Å². The van der Waals surface area contributed by atoms with E-state index >= 15 is 0 Å². The number of fused-ring (bicyclic) bond motifs is 11. The zero-order chi connectivity index (χ0) is 24.7. The number of hydrogen-bond donors (Lipinski definition) is 0. The van der Waals surface area contributed by atoms with E-state index in [0.717, 1.165) is 17.6 Å². The maximum Gasteiger partial charge on any atom is 0.0889 e. The van der Waals surface area contributed by atoms with Gasteiger partial charge in [-0.15, -0.1) is 0 Å². The zero-order valence-electron chi connectivity index (χ0n) is 21.0. The lowest BCUT2D eigenvalue weighted by Crippen LogP contribution is -2.32. The summed E-state index contributed by atoms with van der Waals surface area (Å²) in [5.41, 5.74) is 12.0. The van der Waals surface area contributed by atoms with Crippen LogP contribution >= 0.6 is 0 Å². The average molecular weight is 475 g/mol. The molecule has 176 valence electrons. The molecule has 4 aromatic carbocycles. The lowest BCUT2D eigenvalue weighted by Gasteiger charge is -2.40. The Morgan fingerprint density at radius 2 is 1.32 bits per heavy atom. The van der Waals surface area contributed by atoms with E-state index in [0.29, 0.717) is 5.92 Å². The summed E-state index contributed by atoms with van der Waals surface area (Å²) >= 11 is 0. The first kappa shape index (κ1) is 20.8. The van der Waals surface area contributed by atoms with Gasteiger partial charge in [0.05, 0.1) is 22.8 Å². The van der Waals surface area contributed by atoms with E-state index in [4.69, 9.17) is 9.97 Å². The second-order valence-corrected chi connectivity index (χ2v) is 10.9. The molecule has 0 saturated carbocycles. The van der Waals surface area contributed by atoms with Crippen molar-refractivity contribution in [3.05, 3.63) is 131 Å². The van der Waals surface area contributed by atoms with Crippen LogP contribution in [0.15, 0.2) is 103 Å². The second-order valence-electron chi connectivity index (χ2n) is 10.9. The van der Waals surface area contributed by atoms with Gasteiger partial charge in [0.1, 0.15) is 0 Å². The Kier molecular flexibility index (Phi) is 4.15. The van der Waals surface area contributed by atoms with Gasteiger partial charge in [-0.3, -0.25) is 9.97 Å². The average Bonchev–Trinajstić information content (AvgIpc) is 3.22. The minimum Gasteiger partial charge on any atom is -0.254 e. The van der Waals surface area contributed by atoms with Crippen molar-refractivity contribution in [2.75, 3.05) is 0 Å². The molecule has 0 fully saturated rings. The summed E-state index contributed by atoms with van der Waals surface area (Å²) in [6.45, 7) is 4.54. The molecule has 8 rings (SSSR count). The first-order chi connectivity index (χ1) is 18.2. The molecule has 2 aliphatic rings. The van der Waals surface area contributed by atoms with Crippen LogP contribution in [0.3, 0.4) is 0 Å². The van der Waals surface area contributed by atoms with Gasteiger partial charge in [-0.2, -0.15) is 0 Å². The van der Waals surface area contributed by atoms with Gasteiger partial charge in [-0.05, 0) is 62.6 Å². The fourth-order valence-electron chi connectivity index (χ4n) is 7.09. The van der Waals surface area contributed by atoms with Crippen molar-refractivity contribution in [2.45, 2.75) is 25.7 Å². The van der Waals surface area contributed by atoms with E-state index in [2.05, 4.69) is 105 Å². The molecule has 6 aromatic rings. The second kappa shape index (κ2) is 7.36. The Morgan fingerprint density at radius 1 is 0.676 bits per heavy atom. The quantitative estimate of drug-likeness (QED) is 0.252. The van der Waals surface area contributed by atoms with Gasteiger partial charge in [0, 0.05) is 22.7 Å². The molecule has 1 spiro atoms. The van der Waals surface area contributed by atoms with Gasteiger partial charge in [0.25, 0.3) is 0 Å². The molecule has 2 nitrogen and oxygen atoms in total. The highest BCUT2D eigenvalue weighted by Crippen LogP contribution is 2.62. The molecule has 2 heteroatoms. The maximum absolute atomic E-state index is 5.16. The highest BCUT2D eigenvalue weighted by molar-refractivity contribution is 6.09. The highest BCUT2D eigenvalue weighted by atomic mass is 14.8. The van der Waals surface area contributed by atoms with Crippen molar-refractivity contribution >= 4 is 21.7 Å². The van der Waals surface area contributed by atoms with Gasteiger partial charge < -0.3 is 0 Å². The lowest BCUT2D eigenvalue weighted by atomic mass is 9.61. The first-order valence-corrected chi connectivity index (χ1v) is 13.2. The Balaban J connectivity index is 1.65. The molecule has 2 heterocycles. The number of pyridine rings is 2. The predicted molar refractivity (Wildman–Crippen MR) is 152 cm³/mol. The molecule has 0 atom stereocenters. The van der Waals surface area contributed by atoms with E-state index in [1.54, 1.807) is 0 Å². The molecular formula is C35H26N2. The number of nitrogens with zero attached hydrogens (tertiary/aromatic N) is 2. The van der Waals surface area contributed by atoms with Crippen LogP contribution in [-0.4, -0.2) is 9.97 Å². The summed E-state index contributed by atoms with van der Waals surface area (Å²) in [4.78, 5) is 10.1. The SMILES string of the molecule is CC(C)Cc1cnc2cnc3c(c2c1)C1(c2ccccc2-c2ccccc21)c1cccc2cccc-3c12. The normalized spacial score (nSPS) is 14.2. The standard InChI is InChI=1S/C35H26N2/c1-21(2)17-22-18-27-31(36-19-22)20-37-34-26-13-7-9-23-10-8-16-30(32(23)26)35(33(27)34)28-14-5-3-11-24(28)25-12-4-6-15-29(25)35/h3-16,18-21H,17H2,1-2H3. The summed E-state index contributed by atoms with van der Waals surface area (Å²) < 4.78 is 0. The van der Waals surface area contributed by atoms with E-state index in [1.807, 2.05) is 12.4 Å². The molecule has 2 aromatic heterocycles. The van der Waals surface area contributed by atoms with Gasteiger partial charge >= 0.3 is 0 Å². The molecule has 0 unspecified atom stereocenters. The number of aromatic nitrogens is 2. The molecule has 0 bridgehead atoms. The Morgan fingerprint density at radius 3 is 2.05 bits per heavy atom. The molecular weight excluding hydrogens is 448 g/mol. The lowest BCUT2D eigenvalue weighted by molar-refractivity contribution is 0.646. The topological polar surface area (TPSA) is 25.8 Å². The van der Waals surface area contributed by atoms with E-state index in [1.165, 1.54) is 60.7 Å². The fourth-order valence-corrected chi connectivity index (χ4v) is 7.09. The van der Waals surface area contributed by atoms with Gasteiger partial charge in [0.2, 0.25) is 0 Å². The summed E-state index contributed by atoms with van der Waals surface area (Å²) in [7, 11) is 0. The minimum absolute atomic E-state index is 0.457. The van der Waals surface area contributed by atoms with Crippen molar-refractivity contribution in [1.82, 2.24) is 9.97 Å². The van der Waals surface area contributed by atoms with Crippen molar-refractivity contribution < 1.29 is 0 Å². The van der Waals surface area contributed by atoms with Crippen LogP contribution in [0.2, 0.25) is 0 Å². The van der Waals surface area contributed by atoms with Crippen molar-refractivity contribution in [2.24, 2.45) is 5.92 Å². The fraction of sp³-hybridized carbons (Fsp3) is 0.143. The Hall–Kier alpha value is -4.30. The third kappa shape index (κ3) is 2.60. The molecule has 0 aliphatic heterocycles.